The fourth-order valence-electron chi connectivity index (χ4n) is 0.489. The zero-order chi connectivity index (χ0) is 5.33. The highest BCUT2D eigenvalue weighted by atomic mass is 19.1. The van der Waals surface area contributed by atoms with Gasteiger partial charge in [0.2, 0.25) is 0 Å². The minimum atomic E-state index is -1.07. The molecule has 0 atom stereocenters. The maximum absolute atomic E-state index is 12.3. The zero-order valence-electron chi connectivity index (χ0n) is 3.98. The van der Waals surface area contributed by atoms with E-state index in [9.17, 15) is 9.18 Å². The average molecular weight is 102 g/mol. The van der Waals surface area contributed by atoms with Gasteiger partial charge in [-0.1, -0.05) is 0 Å². The molecule has 40 valence electrons. The Hall–Kier alpha value is -0.400. The van der Waals surface area contributed by atoms with E-state index in [2.05, 4.69) is 0 Å². The molecule has 0 N–H and O–H groups in total. The number of aldehydes is 1. The first-order chi connectivity index (χ1) is 3.27. The van der Waals surface area contributed by atoms with Gasteiger partial charge >= 0.3 is 0 Å². The molecule has 0 amide bonds. The highest BCUT2D eigenvalue weighted by Gasteiger charge is 2.42. The molecule has 0 heterocycles. The lowest BCUT2D eigenvalue weighted by Gasteiger charge is -1.91. The van der Waals surface area contributed by atoms with Gasteiger partial charge in [0.15, 0.2) is 0 Å². The maximum atomic E-state index is 12.3. The van der Waals surface area contributed by atoms with Gasteiger partial charge in [-0.25, -0.2) is 4.39 Å². The van der Waals surface area contributed by atoms with Gasteiger partial charge in [-0.05, 0) is 12.8 Å². The molecule has 0 spiro atoms. The van der Waals surface area contributed by atoms with Crippen LogP contribution in [0.2, 0.25) is 0 Å². The molecule has 0 saturated heterocycles. The normalized spacial score (nSPS) is 24.1. The second-order valence-corrected chi connectivity index (χ2v) is 2.02. The Morgan fingerprint density at radius 2 is 2.29 bits per heavy atom. The molecule has 0 aromatic heterocycles. The van der Waals surface area contributed by atoms with Crippen molar-refractivity contribution in [3.8, 4) is 0 Å². The van der Waals surface area contributed by atoms with Crippen LogP contribution in [-0.4, -0.2) is 12.0 Å². The molecule has 0 radical (unpaired) electrons. The third-order valence-electron chi connectivity index (χ3n) is 1.24. The molecule has 0 unspecified atom stereocenters. The Morgan fingerprint density at radius 3 is 2.43 bits per heavy atom. The second-order valence-electron chi connectivity index (χ2n) is 2.02. The van der Waals surface area contributed by atoms with E-state index in [4.69, 9.17) is 0 Å². The number of hydrogen-bond donors (Lipinski definition) is 0. The van der Waals surface area contributed by atoms with Gasteiger partial charge in [-0.15, -0.1) is 0 Å². The first kappa shape index (κ1) is 4.75. The Kier molecular flexibility index (Phi) is 0.873. The number of carbonyl (C=O) groups is 1. The third kappa shape index (κ3) is 0.981. The maximum Gasteiger partial charge on any atom is 0.123 e. The van der Waals surface area contributed by atoms with Gasteiger partial charge in [-0.2, -0.15) is 0 Å². The highest BCUT2D eigenvalue weighted by molar-refractivity contribution is 5.52. The van der Waals surface area contributed by atoms with Gasteiger partial charge in [0, 0.05) is 6.42 Å². The molecular formula is C5H7FO. The van der Waals surface area contributed by atoms with Crippen LogP contribution in [0.3, 0.4) is 0 Å². The summed E-state index contributed by atoms with van der Waals surface area (Å²) in [6, 6.07) is 0. The van der Waals surface area contributed by atoms with E-state index in [0.717, 1.165) is 0 Å². The number of carbonyl (C=O) groups excluding carboxylic acids is 1. The summed E-state index contributed by atoms with van der Waals surface area (Å²) in [6.45, 7) is 0. The predicted octanol–water partition coefficient (Wildman–Crippen LogP) is 1.08. The molecule has 1 aliphatic carbocycles. The van der Waals surface area contributed by atoms with Crippen molar-refractivity contribution in [1.82, 2.24) is 0 Å². The molecule has 7 heavy (non-hydrogen) atoms. The SMILES string of the molecule is O=CCC1(F)CC1. The van der Waals surface area contributed by atoms with Crippen LogP contribution in [0, 0.1) is 0 Å². The molecule has 1 fully saturated rings. The molecular weight excluding hydrogens is 95.1 g/mol. The molecule has 1 aliphatic rings. The molecule has 1 nitrogen and oxygen atoms in total. The van der Waals surface area contributed by atoms with Crippen molar-refractivity contribution in [1.29, 1.82) is 0 Å². The zero-order valence-corrected chi connectivity index (χ0v) is 3.98. The summed E-state index contributed by atoms with van der Waals surface area (Å²) in [4.78, 5) is 9.62. The van der Waals surface area contributed by atoms with Crippen molar-refractivity contribution in [2.45, 2.75) is 24.9 Å². The molecule has 2 heteroatoms. The third-order valence-corrected chi connectivity index (χ3v) is 1.24. The van der Waals surface area contributed by atoms with Gasteiger partial charge in [0.25, 0.3) is 0 Å². The predicted molar refractivity (Wildman–Crippen MR) is 23.8 cm³/mol. The van der Waals surface area contributed by atoms with Crippen LogP contribution in [0.1, 0.15) is 19.3 Å². The number of halogens is 1. The van der Waals surface area contributed by atoms with E-state index in [1.807, 2.05) is 0 Å². The van der Waals surface area contributed by atoms with Crippen molar-refractivity contribution in [2.24, 2.45) is 0 Å². The fourth-order valence-corrected chi connectivity index (χ4v) is 0.489. The summed E-state index contributed by atoms with van der Waals surface area (Å²) in [5.41, 5.74) is -1.07. The number of rotatable bonds is 2. The monoisotopic (exact) mass is 102 g/mol. The largest absolute Gasteiger partial charge is 0.303 e. The van der Waals surface area contributed by atoms with Crippen LogP contribution >= 0.6 is 0 Å². The van der Waals surface area contributed by atoms with Crippen LogP contribution in [0.4, 0.5) is 4.39 Å². The van der Waals surface area contributed by atoms with E-state index in [0.29, 0.717) is 19.1 Å². The number of alkyl halides is 1. The summed E-state index contributed by atoms with van der Waals surface area (Å²) < 4.78 is 12.3. The van der Waals surface area contributed by atoms with Crippen LogP contribution in [0.5, 0.6) is 0 Å². The van der Waals surface area contributed by atoms with Crippen molar-refractivity contribution in [3.63, 3.8) is 0 Å². The minimum absolute atomic E-state index is 0.104. The summed E-state index contributed by atoms with van der Waals surface area (Å²) >= 11 is 0. The average Bonchev–Trinajstić information content (AvgIpc) is 2.22. The summed E-state index contributed by atoms with van der Waals surface area (Å²) in [5.74, 6) is 0. The highest BCUT2D eigenvalue weighted by Crippen LogP contribution is 2.41. The van der Waals surface area contributed by atoms with Crippen molar-refractivity contribution in [2.75, 3.05) is 0 Å². The molecule has 0 aromatic rings. The molecule has 0 bridgehead atoms. The van der Waals surface area contributed by atoms with E-state index < -0.39 is 5.67 Å². The molecule has 0 aliphatic heterocycles. The van der Waals surface area contributed by atoms with Gasteiger partial charge in [-0.3, -0.25) is 0 Å². The first-order valence-electron chi connectivity index (χ1n) is 2.39. The van der Waals surface area contributed by atoms with Crippen LogP contribution < -0.4 is 0 Å². The standard InChI is InChI=1S/C5H7FO/c6-5(1-2-5)3-4-7/h4H,1-3H2. The molecule has 1 saturated carbocycles. The Bertz CT molecular complexity index is 86.1. The van der Waals surface area contributed by atoms with Gasteiger partial charge in [0.05, 0.1) is 0 Å². The quantitative estimate of drug-likeness (QED) is 0.477. The van der Waals surface area contributed by atoms with Gasteiger partial charge in [0.1, 0.15) is 12.0 Å². The number of hydrogen-bond acceptors (Lipinski definition) is 1. The lowest BCUT2D eigenvalue weighted by molar-refractivity contribution is -0.109. The second kappa shape index (κ2) is 1.29. The summed E-state index contributed by atoms with van der Waals surface area (Å²) in [6.07, 6.45) is 1.93. The fraction of sp³-hybridized carbons (Fsp3) is 0.800. The molecule has 0 aromatic carbocycles. The Morgan fingerprint density at radius 1 is 1.71 bits per heavy atom. The van der Waals surface area contributed by atoms with E-state index in [1.165, 1.54) is 0 Å². The van der Waals surface area contributed by atoms with Crippen molar-refractivity contribution < 1.29 is 9.18 Å². The first-order valence-corrected chi connectivity index (χ1v) is 2.39. The minimum Gasteiger partial charge on any atom is -0.303 e. The van der Waals surface area contributed by atoms with Crippen LogP contribution in [0.25, 0.3) is 0 Å². The Balaban J connectivity index is 2.25. The smallest absolute Gasteiger partial charge is 0.123 e. The van der Waals surface area contributed by atoms with Crippen LogP contribution in [-0.2, 0) is 4.79 Å². The molecule has 1 rings (SSSR count). The topological polar surface area (TPSA) is 17.1 Å². The lowest BCUT2D eigenvalue weighted by Crippen LogP contribution is -1.97. The van der Waals surface area contributed by atoms with Crippen LogP contribution in [0.15, 0.2) is 0 Å². The Labute approximate surface area is 41.5 Å². The van der Waals surface area contributed by atoms with Gasteiger partial charge < -0.3 is 4.79 Å². The van der Waals surface area contributed by atoms with Crippen molar-refractivity contribution in [3.05, 3.63) is 0 Å². The lowest BCUT2D eigenvalue weighted by atomic mass is 10.3. The van der Waals surface area contributed by atoms with Crippen molar-refractivity contribution >= 4 is 6.29 Å². The van der Waals surface area contributed by atoms with E-state index in [-0.39, 0.29) is 6.42 Å². The van der Waals surface area contributed by atoms with E-state index in [1.54, 1.807) is 0 Å². The summed E-state index contributed by atoms with van der Waals surface area (Å²) in [5, 5.41) is 0. The summed E-state index contributed by atoms with van der Waals surface area (Å²) in [7, 11) is 0. The van der Waals surface area contributed by atoms with E-state index >= 15 is 0 Å².